The second-order valence-electron chi connectivity index (χ2n) is 5.40. The van der Waals surface area contributed by atoms with E-state index in [1.54, 1.807) is 48.7 Å². The molecule has 1 amide bonds. The van der Waals surface area contributed by atoms with E-state index in [9.17, 15) is 14.7 Å². The van der Waals surface area contributed by atoms with Crippen molar-refractivity contribution in [1.29, 1.82) is 0 Å². The van der Waals surface area contributed by atoms with E-state index in [1.807, 2.05) is 0 Å². The van der Waals surface area contributed by atoms with Crippen LogP contribution in [-0.2, 0) is 9.53 Å². The van der Waals surface area contributed by atoms with Gasteiger partial charge in [0.1, 0.15) is 11.3 Å². The van der Waals surface area contributed by atoms with Crippen LogP contribution in [0.1, 0.15) is 34.6 Å². The third-order valence-electron chi connectivity index (χ3n) is 3.66. The summed E-state index contributed by atoms with van der Waals surface area (Å²) in [6.45, 7) is 3.24. The van der Waals surface area contributed by atoms with Crippen LogP contribution in [0.2, 0.25) is 0 Å². The van der Waals surface area contributed by atoms with Gasteiger partial charge in [0, 0.05) is 11.1 Å². The van der Waals surface area contributed by atoms with Gasteiger partial charge in [-0.05, 0) is 25.3 Å². The predicted octanol–water partition coefficient (Wildman–Crippen LogP) is 3.53. The first-order chi connectivity index (χ1) is 12.5. The van der Waals surface area contributed by atoms with Gasteiger partial charge in [0.2, 0.25) is 0 Å². The van der Waals surface area contributed by atoms with Crippen LogP contribution >= 0.6 is 11.3 Å². The highest BCUT2D eigenvalue weighted by atomic mass is 32.1. The average molecular weight is 368 g/mol. The van der Waals surface area contributed by atoms with E-state index in [2.05, 4.69) is 9.98 Å². The minimum absolute atomic E-state index is 0.0342. The van der Waals surface area contributed by atoms with E-state index in [-0.39, 0.29) is 29.5 Å². The lowest BCUT2D eigenvalue weighted by molar-refractivity contribution is -0.138. The highest BCUT2D eigenvalue weighted by Crippen LogP contribution is 2.26. The fourth-order valence-corrected chi connectivity index (χ4v) is 3.16. The minimum Gasteiger partial charge on any atom is -0.512 e. The van der Waals surface area contributed by atoms with Crippen LogP contribution in [0.25, 0.3) is 0 Å². The number of ether oxygens (including phenoxy) is 1. The number of aliphatic imine (C=N–C) groups is 2. The van der Waals surface area contributed by atoms with Gasteiger partial charge >= 0.3 is 5.97 Å². The normalized spacial score (nSPS) is 15.3. The maximum Gasteiger partial charge on any atom is 0.343 e. The van der Waals surface area contributed by atoms with Crippen molar-refractivity contribution in [1.82, 2.24) is 0 Å². The van der Waals surface area contributed by atoms with Gasteiger partial charge in [-0.1, -0.05) is 30.3 Å². The molecule has 0 saturated carbocycles. The lowest BCUT2D eigenvalue weighted by atomic mass is 9.99. The molecular weight excluding hydrogens is 352 g/mol. The van der Waals surface area contributed by atoms with E-state index in [0.29, 0.717) is 16.0 Å². The highest BCUT2D eigenvalue weighted by molar-refractivity contribution is 7.12. The molecule has 1 aromatic carbocycles. The van der Waals surface area contributed by atoms with Crippen molar-refractivity contribution in [3.8, 4) is 0 Å². The van der Waals surface area contributed by atoms with Gasteiger partial charge in [0.05, 0.1) is 17.2 Å². The lowest BCUT2D eigenvalue weighted by Gasteiger charge is -2.08. The Morgan fingerprint density at radius 1 is 1.19 bits per heavy atom. The van der Waals surface area contributed by atoms with Gasteiger partial charge < -0.3 is 9.84 Å². The number of carbonyl (C=O) groups is 2. The summed E-state index contributed by atoms with van der Waals surface area (Å²) >= 11 is 1.29. The summed E-state index contributed by atoms with van der Waals surface area (Å²) in [7, 11) is 0. The molecule has 0 bridgehead atoms. The summed E-state index contributed by atoms with van der Waals surface area (Å²) < 4.78 is 5.03. The van der Waals surface area contributed by atoms with Gasteiger partial charge in [-0.3, -0.25) is 4.79 Å². The van der Waals surface area contributed by atoms with E-state index < -0.39 is 11.9 Å². The topological polar surface area (TPSA) is 88.3 Å². The molecule has 0 unspecified atom stereocenters. The first-order valence-electron chi connectivity index (χ1n) is 7.95. The van der Waals surface area contributed by atoms with Crippen molar-refractivity contribution in [2.75, 3.05) is 6.61 Å². The van der Waals surface area contributed by atoms with Gasteiger partial charge in [-0.25, -0.2) is 9.79 Å². The van der Waals surface area contributed by atoms with Crippen molar-refractivity contribution >= 4 is 34.8 Å². The lowest BCUT2D eigenvalue weighted by Crippen LogP contribution is -2.18. The van der Waals surface area contributed by atoms with E-state index in [0.717, 1.165) is 0 Å². The number of fused-ring (bicyclic) bond motifs is 1. The number of hydrogen-bond donors (Lipinski definition) is 1. The van der Waals surface area contributed by atoms with E-state index in [1.165, 1.54) is 18.3 Å². The van der Waals surface area contributed by atoms with Crippen molar-refractivity contribution in [3.05, 3.63) is 69.1 Å². The molecule has 0 aliphatic carbocycles. The van der Waals surface area contributed by atoms with Crippen molar-refractivity contribution in [3.63, 3.8) is 0 Å². The number of allylic oxidation sites excluding steroid dienone is 1. The zero-order valence-corrected chi connectivity index (χ0v) is 15.0. The summed E-state index contributed by atoms with van der Waals surface area (Å²) in [5.74, 6) is -1.08. The highest BCUT2D eigenvalue weighted by Gasteiger charge is 2.30. The van der Waals surface area contributed by atoms with Gasteiger partial charge in [-0.15, -0.1) is 11.3 Å². The number of rotatable bonds is 4. The molecule has 0 radical (unpaired) electrons. The number of nitrogens with zero attached hydrogens (tertiary/aromatic N) is 2. The fraction of sp³-hybridized carbons (Fsp3) is 0.158. The molecule has 2 aromatic rings. The minimum atomic E-state index is -0.674. The molecule has 0 saturated heterocycles. The van der Waals surface area contributed by atoms with Crippen molar-refractivity contribution in [2.24, 2.45) is 9.98 Å². The Morgan fingerprint density at radius 3 is 2.54 bits per heavy atom. The summed E-state index contributed by atoms with van der Waals surface area (Å²) in [6.07, 6.45) is 0. The number of esters is 1. The van der Waals surface area contributed by atoms with Crippen LogP contribution in [0.5, 0.6) is 0 Å². The Kier molecular flexibility index (Phi) is 5.09. The maximum atomic E-state index is 12.3. The zero-order valence-electron chi connectivity index (χ0n) is 14.2. The number of hydrogen-bond acceptors (Lipinski definition) is 5. The maximum absolute atomic E-state index is 12.3. The zero-order chi connectivity index (χ0) is 18.7. The second kappa shape index (κ2) is 7.45. The quantitative estimate of drug-likeness (QED) is 0.508. The number of amidine groups is 1. The molecule has 132 valence electrons. The molecule has 7 heteroatoms. The largest absolute Gasteiger partial charge is 0.512 e. The number of thiophene rings is 1. The third kappa shape index (κ3) is 3.34. The van der Waals surface area contributed by atoms with Crippen LogP contribution < -0.4 is 0 Å². The summed E-state index contributed by atoms with van der Waals surface area (Å²) in [6, 6.07) is 10.6. The molecule has 1 aliphatic heterocycles. The summed E-state index contributed by atoms with van der Waals surface area (Å²) in [5, 5.41) is 11.8. The Labute approximate surface area is 154 Å². The van der Waals surface area contributed by atoms with Crippen molar-refractivity contribution in [2.45, 2.75) is 13.8 Å². The van der Waals surface area contributed by atoms with E-state index >= 15 is 0 Å². The first-order valence-corrected chi connectivity index (χ1v) is 8.83. The standard InChI is InChI=1S/C19H16N2O4S/c1-3-25-19(24)15(11(2)22)16-12-7-4-5-8-13(12)17(20-16)21-18(23)14-9-6-10-26-14/h4-10,22H,3H2,1-2H3/b15-11-,21-17?. The number of aliphatic hydroxyl groups is 1. The first kappa shape index (κ1) is 17.8. The summed E-state index contributed by atoms with van der Waals surface area (Å²) in [4.78, 5) is 33.6. The van der Waals surface area contributed by atoms with Crippen LogP contribution in [0, 0.1) is 0 Å². The Balaban J connectivity index is 2.10. The van der Waals surface area contributed by atoms with Crippen LogP contribution in [0.4, 0.5) is 0 Å². The molecule has 2 heterocycles. The van der Waals surface area contributed by atoms with Crippen LogP contribution in [-0.4, -0.2) is 35.1 Å². The third-order valence-corrected chi connectivity index (χ3v) is 4.52. The Hall–Kier alpha value is -3.06. The Bertz CT molecular complexity index is 952. The number of carbonyl (C=O) groups excluding carboxylic acids is 2. The van der Waals surface area contributed by atoms with Crippen molar-refractivity contribution < 1.29 is 19.4 Å². The molecular formula is C19H16N2O4S. The van der Waals surface area contributed by atoms with Crippen LogP contribution in [0.15, 0.2) is 63.1 Å². The Morgan fingerprint density at radius 2 is 1.92 bits per heavy atom. The van der Waals surface area contributed by atoms with Crippen LogP contribution in [0.3, 0.4) is 0 Å². The number of aliphatic hydroxyl groups excluding tert-OH is 1. The average Bonchev–Trinajstić information content (AvgIpc) is 3.25. The second-order valence-corrected chi connectivity index (χ2v) is 6.35. The monoisotopic (exact) mass is 368 g/mol. The number of amides is 1. The molecule has 1 N–H and O–H groups in total. The predicted molar refractivity (Wildman–Crippen MR) is 100 cm³/mol. The molecule has 1 aliphatic rings. The molecule has 26 heavy (non-hydrogen) atoms. The fourth-order valence-electron chi connectivity index (χ4n) is 2.56. The number of benzene rings is 1. The molecule has 0 spiro atoms. The van der Waals surface area contributed by atoms with Gasteiger partial charge in [0.25, 0.3) is 5.91 Å². The molecule has 0 atom stereocenters. The molecule has 0 fully saturated rings. The molecule has 1 aromatic heterocycles. The van der Waals surface area contributed by atoms with E-state index in [4.69, 9.17) is 4.74 Å². The SMILES string of the molecule is CCOC(=O)/C(C1=NC(=NC(=O)c2cccs2)c2ccccc21)=C(/C)O. The summed E-state index contributed by atoms with van der Waals surface area (Å²) in [5.41, 5.74) is 1.45. The van der Waals surface area contributed by atoms with Gasteiger partial charge in [0.15, 0.2) is 5.84 Å². The molecule has 6 nitrogen and oxygen atoms in total. The molecule has 3 rings (SSSR count). The smallest absolute Gasteiger partial charge is 0.343 e. The van der Waals surface area contributed by atoms with Gasteiger partial charge in [-0.2, -0.15) is 4.99 Å².